The molecule has 2 aromatic heterocycles. The molecule has 1 aliphatic carbocycles. The number of carboxylic acid groups (broad SMARTS) is 1. The van der Waals surface area contributed by atoms with Crippen molar-refractivity contribution in [2.24, 2.45) is 0 Å². The Kier molecular flexibility index (Phi) is 4.02. The highest BCUT2D eigenvalue weighted by atomic mass is 32.1. The number of carbonyl (C=O) groups is 1. The molecule has 1 fully saturated rings. The molecule has 4 nitrogen and oxygen atoms in total. The van der Waals surface area contributed by atoms with Crippen LogP contribution in [0.2, 0.25) is 0 Å². The lowest BCUT2D eigenvalue weighted by Crippen LogP contribution is -2.05. The summed E-state index contributed by atoms with van der Waals surface area (Å²) in [5.74, 6) is 0.527. The van der Waals surface area contributed by atoms with Crippen molar-refractivity contribution < 1.29 is 14.6 Å². The lowest BCUT2D eigenvalue weighted by molar-refractivity contribution is 0.146. The number of thiophene rings is 1. The van der Waals surface area contributed by atoms with E-state index in [0.717, 1.165) is 10.2 Å². The third kappa shape index (κ3) is 2.80. The van der Waals surface area contributed by atoms with Gasteiger partial charge in [-0.2, -0.15) is 0 Å². The van der Waals surface area contributed by atoms with Crippen LogP contribution in [-0.2, 0) is 0 Å². The molecule has 1 saturated carbocycles. The predicted molar refractivity (Wildman–Crippen MR) is 96.1 cm³/mol. The molecule has 0 bridgehead atoms. The van der Waals surface area contributed by atoms with Gasteiger partial charge in [0, 0.05) is 6.07 Å². The minimum atomic E-state index is -1.26. The van der Waals surface area contributed by atoms with Crippen LogP contribution in [0.1, 0.15) is 43.6 Å². The Morgan fingerprint density at radius 2 is 1.92 bits per heavy atom. The molecule has 4 rings (SSSR count). The normalized spacial score (nSPS) is 15.7. The van der Waals surface area contributed by atoms with Gasteiger partial charge in [-0.05, 0) is 29.9 Å². The summed E-state index contributed by atoms with van der Waals surface area (Å²) in [6.45, 7) is 0. The summed E-state index contributed by atoms with van der Waals surface area (Å²) in [4.78, 5) is 14.3. The molecule has 5 heteroatoms. The Morgan fingerprint density at radius 3 is 2.62 bits per heavy atom. The van der Waals surface area contributed by atoms with Crippen molar-refractivity contribution in [3.05, 3.63) is 42.0 Å². The molecule has 0 amide bonds. The first-order valence-corrected chi connectivity index (χ1v) is 9.15. The van der Waals surface area contributed by atoms with Crippen LogP contribution < -0.4 is 4.74 Å². The molecule has 24 heavy (non-hydrogen) atoms. The summed E-state index contributed by atoms with van der Waals surface area (Å²) in [7, 11) is 0. The van der Waals surface area contributed by atoms with Gasteiger partial charge >= 0.3 is 6.16 Å². The Labute approximate surface area is 144 Å². The van der Waals surface area contributed by atoms with Crippen molar-refractivity contribution in [2.75, 3.05) is 0 Å². The summed E-state index contributed by atoms with van der Waals surface area (Å²) in [5, 5.41) is 9.29. The van der Waals surface area contributed by atoms with Gasteiger partial charge in [0.15, 0.2) is 5.06 Å². The summed E-state index contributed by atoms with van der Waals surface area (Å²) < 4.78 is 6.00. The average molecular weight is 341 g/mol. The maximum Gasteiger partial charge on any atom is 0.512 e. The molecule has 1 aliphatic rings. The van der Waals surface area contributed by atoms with Crippen molar-refractivity contribution in [3.63, 3.8) is 0 Å². The second-order valence-corrected chi connectivity index (χ2v) is 7.31. The number of hydrogen-bond acceptors (Lipinski definition) is 3. The first-order valence-electron chi connectivity index (χ1n) is 8.34. The van der Waals surface area contributed by atoms with Crippen molar-refractivity contribution in [2.45, 2.75) is 38.0 Å². The van der Waals surface area contributed by atoms with E-state index in [2.05, 4.69) is 17.1 Å². The number of rotatable bonds is 3. The predicted octanol–water partition coefficient (Wildman–Crippen LogP) is 6.00. The van der Waals surface area contributed by atoms with Crippen LogP contribution in [0, 0.1) is 0 Å². The highest BCUT2D eigenvalue weighted by Crippen LogP contribution is 2.46. The number of aromatic nitrogens is 1. The maximum absolute atomic E-state index is 10.8. The first-order chi connectivity index (χ1) is 11.7. The van der Waals surface area contributed by atoms with E-state index in [9.17, 15) is 4.79 Å². The third-order valence-corrected chi connectivity index (χ3v) is 5.79. The molecule has 0 saturated heterocycles. The number of hydrogen-bond donors (Lipinski definition) is 2. The van der Waals surface area contributed by atoms with Gasteiger partial charge in [-0.25, -0.2) is 4.79 Å². The molecular weight excluding hydrogens is 322 g/mol. The lowest BCUT2D eigenvalue weighted by Gasteiger charge is -2.22. The zero-order valence-electron chi connectivity index (χ0n) is 13.2. The summed E-state index contributed by atoms with van der Waals surface area (Å²) in [5.41, 5.74) is 4.66. The molecule has 0 radical (unpaired) electrons. The summed E-state index contributed by atoms with van der Waals surface area (Å²) >= 11 is 1.43. The van der Waals surface area contributed by atoms with Gasteiger partial charge in [0.1, 0.15) is 0 Å². The average Bonchev–Trinajstić information content (AvgIpc) is 3.12. The van der Waals surface area contributed by atoms with Gasteiger partial charge in [0.2, 0.25) is 0 Å². The Balaban J connectivity index is 1.85. The highest BCUT2D eigenvalue weighted by molar-refractivity contribution is 7.21. The van der Waals surface area contributed by atoms with E-state index in [1.807, 2.05) is 18.2 Å². The van der Waals surface area contributed by atoms with Crippen LogP contribution in [0.5, 0.6) is 5.06 Å². The maximum atomic E-state index is 10.8. The van der Waals surface area contributed by atoms with E-state index in [1.54, 1.807) is 6.07 Å². The monoisotopic (exact) mass is 341 g/mol. The molecular formula is C19H19NO3S. The molecule has 1 aromatic carbocycles. The van der Waals surface area contributed by atoms with Crippen LogP contribution >= 0.6 is 11.3 Å². The fourth-order valence-corrected chi connectivity index (χ4v) is 4.82. The molecule has 2 heterocycles. The van der Waals surface area contributed by atoms with Crippen molar-refractivity contribution in [3.8, 4) is 16.3 Å². The topological polar surface area (TPSA) is 62.3 Å². The number of benzene rings is 1. The highest BCUT2D eigenvalue weighted by Gasteiger charge is 2.25. The van der Waals surface area contributed by atoms with Crippen molar-refractivity contribution in [1.82, 2.24) is 4.98 Å². The minimum Gasteiger partial charge on any atom is -0.449 e. The fourth-order valence-electron chi connectivity index (χ4n) is 3.73. The molecule has 124 valence electrons. The Bertz CT molecular complexity index is 860. The van der Waals surface area contributed by atoms with Gasteiger partial charge in [-0.3, -0.25) is 0 Å². The quantitative estimate of drug-likeness (QED) is 0.574. The standard InChI is InChI=1S/C19H19NO3S/c21-19(22)23-15-11-14-18(24-15)16(12-7-3-1-4-8-12)17(20-14)13-9-5-2-6-10-13/h2,5-6,9-12,20H,1,3-4,7-8H2,(H,21,22). The van der Waals surface area contributed by atoms with E-state index in [-0.39, 0.29) is 0 Å². The number of fused-ring (bicyclic) bond motifs is 1. The molecule has 0 unspecified atom stereocenters. The Hall–Kier alpha value is -2.27. The smallest absolute Gasteiger partial charge is 0.449 e. The number of aromatic amines is 1. The van der Waals surface area contributed by atoms with E-state index in [1.165, 1.54) is 60.3 Å². The van der Waals surface area contributed by atoms with Crippen molar-refractivity contribution in [1.29, 1.82) is 0 Å². The van der Waals surface area contributed by atoms with E-state index < -0.39 is 6.16 Å². The second kappa shape index (κ2) is 6.32. The molecule has 3 aromatic rings. The van der Waals surface area contributed by atoms with Gasteiger partial charge in [0.05, 0.1) is 15.9 Å². The van der Waals surface area contributed by atoms with E-state index in [0.29, 0.717) is 11.0 Å². The first kappa shape index (κ1) is 15.3. The SMILES string of the molecule is O=C(O)Oc1cc2[nH]c(-c3ccccc3)c(C3CCCCC3)c2s1. The summed E-state index contributed by atoms with van der Waals surface area (Å²) in [6.07, 6.45) is 4.95. The largest absolute Gasteiger partial charge is 0.512 e. The van der Waals surface area contributed by atoms with Gasteiger partial charge in [-0.1, -0.05) is 60.9 Å². The van der Waals surface area contributed by atoms with Gasteiger partial charge < -0.3 is 14.8 Å². The lowest BCUT2D eigenvalue weighted by atomic mass is 9.83. The van der Waals surface area contributed by atoms with Crippen LogP contribution in [0.4, 0.5) is 4.79 Å². The second-order valence-electron chi connectivity index (χ2n) is 6.29. The molecule has 0 aliphatic heterocycles. The number of ether oxygens (including phenoxy) is 1. The molecule has 2 N–H and O–H groups in total. The fraction of sp³-hybridized carbons (Fsp3) is 0.316. The minimum absolute atomic E-state index is 0.431. The van der Waals surface area contributed by atoms with Crippen LogP contribution in [0.25, 0.3) is 21.5 Å². The zero-order chi connectivity index (χ0) is 16.5. The van der Waals surface area contributed by atoms with Gasteiger partial charge in [-0.15, -0.1) is 0 Å². The third-order valence-electron chi connectivity index (χ3n) is 4.75. The van der Waals surface area contributed by atoms with Crippen molar-refractivity contribution >= 4 is 27.7 Å². The summed E-state index contributed by atoms with van der Waals surface area (Å²) in [6, 6.07) is 12.2. The van der Waals surface area contributed by atoms with Crippen LogP contribution in [0.3, 0.4) is 0 Å². The Morgan fingerprint density at radius 1 is 1.17 bits per heavy atom. The molecule has 0 atom stereocenters. The van der Waals surface area contributed by atoms with Crippen LogP contribution in [0.15, 0.2) is 36.4 Å². The van der Waals surface area contributed by atoms with Gasteiger partial charge in [0.25, 0.3) is 0 Å². The number of H-pyrrole nitrogens is 1. The van der Waals surface area contributed by atoms with Crippen LogP contribution in [-0.4, -0.2) is 16.2 Å². The van der Waals surface area contributed by atoms with E-state index in [4.69, 9.17) is 9.84 Å². The molecule has 0 spiro atoms. The van der Waals surface area contributed by atoms with E-state index >= 15 is 0 Å². The zero-order valence-corrected chi connectivity index (χ0v) is 14.1. The number of nitrogens with one attached hydrogen (secondary N) is 1.